The van der Waals surface area contributed by atoms with Crippen LogP contribution in [0.2, 0.25) is 5.02 Å². The molecular formula is C35H28ClNO7. The Bertz CT molecular complexity index is 1860. The largest absolute Gasteiger partial charge is 0.493 e. The molecule has 0 aliphatic rings. The number of nitrogens with one attached hydrogen (secondary N) is 1. The average Bonchev–Trinajstić information content (AvgIpc) is 3.03. The Morgan fingerprint density at radius 1 is 0.886 bits per heavy atom. The lowest BCUT2D eigenvalue weighted by Gasteiger charge is -2.11. The molecule has 5 rings (SSSR count). The van der Waals surface area contributed by atoms with Gasteiger partial charge in [-0.15, -0.1) is 0 Å². The van der Waals surface area contributed by atoms with Crippen LogP contribution in [0, 0.1) is 0 Å². The van der Waals surface area contributed by atoms with Crippen molar-refractivity contribution in [1.29, 1.82) is 0 Å². The lowest BCUT2D eigenvalue weighted by Crippen LogP contribution is -2.29. The Morgan fingerprint density at radius 2 is 1.68 bits per heavy atom. The van der Waals surface area contributed by atoms with Gasteiger partial charge in [-0.2, -0.15) is 0 Å². The molecular weight excluding hydrogens is 582 g/mol. The molecule has 0 fully saturated rings. The van der Waals surface area contributed by atoms with E-state index >= 15 is 0 Å². The predicted octanol–water partition coefficient (Wildman–Crippen LogP) is 6.63. The molecule has 0 aliphatic heterocycles. The van der Waals surface area contributed by atoms with E-state index in [9.17, 15) is 14.4 Å². The van der Waals surface area contributed by atoms with Crippen LogP contribution in [0.3, 0.4) is 0 Å². The molecule has 0 spiro atoms. The number of ether oxygens (including phenoxy) is 3. The van der Waals surface area contributed by atoms with Gasteiger partial charge in [0, 0.05) is 29.1 Å². The van der Waals surface area contributed by atoms with Crippen LogP contribution >= 0.6 is 11.6 Å². The maximum absolute atomic E-state index is 12.6. The Kier molecular flexibility index (Phi) is 9.74. The van der Waals surface area contributed by atoms with Crippen LogP contribution in [-0.4, -0.2) is 25.5 Å². The summed E-state index contributed by atoms with van der Waals surface area (Å²) < 4.78 is 22.1. The number of carbonyl (C=O) groups excluding carboxylic acids is 2. The number of hydrogen-bond acceptors (Lipinski definition) is 7. The highest BCUT2D eigenvalue weighted by atomic mass is 35.5. The van der Waals surface area contributed by atoms with E-state index in [1.54, 1.807) is 48.5 Å². The fourth-order valence-electron chi connectivity index (χ4n) is 4.34. The number of benzene rings is 4. The summed E-state index contributed by atoms with van der Waals surface area (Å²) in [7, 11) is 1.53. The highest BCUT2D eigenvalue weighted by Gasteiger charge is 2.14. The number of rotatable bonds is 11. The third-order valence-electron chi connectivity index (χ3n) is 6.62. The molecule has 44 heavy (non-hydrogen) atoms. The Hall–Kier alpha value is -5.34. The Balaban J connectivity index is 1.19. The van der Waals surface area contributed by atoms with E-state index in [4.69, 9.17) is 30.2 Å². The third-order valence-corrected chi connectivity index (χ3v) is 6.87. The molecule has 5 aromatic rings. The van der Waals surface area contributed by atoms with E-state index in [1.807, 2.05) is 42.5 Å². The van der Waals surface area contributed by atoms with Gasteiger partial charge in [0.05, 0.1) is 7.11 Å². The predicted molar refractivity (Wildman–Crippen MR) is 168 cm³/mol. The van der Waals surface area contributed by atoms with Crippen molar-refractivity contribution in [2.75, 3.05) is 13.7 Å². The number of methoxy groups -OCH3 is 1. The molecule has 0 unspecified atom stereocenters. The Morgan fingerprint density at radius 3 is 2.45 bits per heavy atom. The van der Waals surface area contributed by atoms with Crippen LogP contribution in [0.4, 0.5) is 0 Å². The molecule has 9 heteroatoms. The highest BCUT2D eigenvalue weighted by molar-refractivity contribution is 6.30. The molecule has 222 valence electrons. The quantitative estimate of drug-likeness (QED) is 0.0776. The SMILES string of the molecule is COc1cc(/C=C/C(=O)Oc2ccc3cc(C(=O)NCCc4ccccc4)c(=O)oc3c2)ccc1OCc1ccc(Cl)cc1. The monoisotopic (exact) mass is 609 g/mol. The second kappa shape index (κ2) is 14.2. The highest BCUT2D eigenvalue weighted by Crippen LogP contribution is 2.29. The molecule has 0 aliphatic carbocycles. The number of amides is 1. The molecule has 1 aromatic heterocycles. The second-order valence-corrected chi connectivity index (χ2v) is 10.2. The lowest BCUT2D eigenvalue weighted by atomic mass is 10.1. The van der Waals surface area contributed by atoms with Crippen molar-refractivity contribution in [3.63, 3.8) is 0 Å². The number of halogens is 1. The van der Waals surface area contributed by atoms with Crippen molar-refractivity contribution in [1.82, 2.24) is 5.32 Å². The van der Waals surface area contributed by atoms with E-state index in [0.29, 0.717) is 47.0 Å². The number of esters is 1. The first-order valence-corrected chi connectivity index (χ1v) is 14.1. The first kappa shape index (κ1) is 30.1. The second-order valence-electron chi connectivity index (χ2n) is 9.72. The summed E-state index contributed by atoms with van der Waals surface area (Å²) in [5.74, 6) is 0.0768. The van der Waals surface area contributed by atoms with E-state index in [2.05, 4.69) is 5.32 Å². The van der Waals surface area contributed by atoms with Crippen molar-refractivity contribution >= 4 is 40.5 Å². The summed E-state index contributed by atoms with van der Waals surface area (Å²) in [4.78, 5) is 37.6. The molecule has 4 aromatic carbocycles. The van der Waals surface area contributed by atoms with Gasteiger partial charge in [0.1, 0.15) is 23.5 Å². The van der Waals surface area contributed by atoms with Crippen LogP contribution in [-0.2, 0) is 17.8 Å². The topological polar surface area (TPSA) is 104 Å². The molecule has 0 saturated heterocycles. The minimum absolute atomic E-state index is 0.102. The first-order chi connectivity index (χ1) is 21.4. The molecule has 8 nitrogen and oxygen atoms in total. The van der Waals surface area contributed by atoms with Gasteiger partial charge in [-0.25, -0.2) is 9.59 Å². The van der Waals surface area contributed by atoms with Crippen LogP contribution < -0.4 is 25.2 Å². The molecule has 0 atom stereocenters. The van der Waals surface area contributed by atoms with E-state index in [1.165, 1.54) is 25.3 Å². The zero-order chi connectivity index (χ0) is 30.9. The van der Waals surface area contributed by atoms with Crippen LogP contribution in [0.15, 0.2) is 112 Å². The van der Waals surface area contributed by atoms with E-state index < -0.39 is 17.5 Å². The van der Waals surface area contributed by atoms with E-state index in [0.717, 1.165) is 11.1 Å². The van der Waals surface area contributed by atoms with Crippen molar-refractivity contribution < 1.29 is 28.2 Å². The van der Waals surface area contributed by atoms with Crippen molar-refractivity contribution in [2.45, 2.75) is 13.0 Å². The molecule has 1 heterocycles. The summed E-state index contributed by atoms with van der Waals surface area (Å²) in [5, 5.41) is 3.91. The molecule has 0 saturated carbocycles. The van der Waals surface area contributed by atoms with Gasteiger partial charge in [0.15, 0.2) is 11.5 Å². The number of hydrogen-bond donors (Lipinski definition) is 1. The summed E-state index contributed by atoms with van der Waals surface area (Å²) in [6.45, 7) is 0.710. The Labute approximate surface area is 258 Å². The summed E-state index contributed by atoms with van der Waals surface area (Å²) in [5.41, 5.74) is 2.02. The summed E-state index contributed by atoms with van der Waals surface area (Å²) in [6, 6.07) is 28.4. The van der Waals surface area contributed by atoms with Gasteiger partial charge in [0.2, 0.25) is 0 Å². The fourth-order valence-corrected chi connectivity index (χ4v) is 4.46. The normalized spacial score (nSPS) is 11.0. The average molecular weight is 610 g/mol. The molecule has 0 bridgehead atoms. The standard InChI is InChI=1S/C35H28ClNO7/c1-41-32-19-24(9-15-30(32)42-22-25-7-12-27(36)13-8-25)10-16-33(38)43-28-14-11-26-20-29(35(40)44-31(26)21-28)34(39)37-18-17-23-5-3-2-4-6-23/h2-16,19-21H,17-18,22H2,1H3,(H,37,39)/b16-10+. The smallest absolute Gasteiger partial charge is 0.349 e. The number of fused-ring (bicyclic) bond motifs is 1. The number of carbonyl (C=O) groups is 2. The third kappa shape index (κ3) is 7.93. The van der Waals surface area contributed by atoms with Gasteiger partial charge < -0.3 is 23.9 Å². The van der Waals surface area contributed by atoms with Crippen LogP contribution in [0.1, 0.15) is 27.0 Å². The minimum Gasteiger partial charge on any atom is -0.493 e. The zero-order valence-corrected chi connectivity index (χ0v) is 24.5. The molecule has 0 radical (unpaired) electrons. The maximum atomic E-state index is 12.6. The van der Waals surface area contributed by atoms with Gasteiger partial charge in [-0.05, 0) is 71.7 Å². The van der Waals surface area contributed by atoms with Gasteiger partial charge in [-0.3, -0.25) is 4.79 Å². The first-order valence-electron chi connectivity index (χ1n) is 13.7. The minimum atomic E-state index is -0.785. The van der Waals surface area contributed by atoms with Gasteiger partial charge >= 0.3 is 11.6 Å². The zero-order valence-electron chi connectivity index (χ0n) is 23.7. The van der Waals surface area contributed by atoms with Crippen LogP contribution in [0.5, 0.6) is 17.2 Å². The molecule has 1 amide bonds. The van der Waals surface area contributed by atoms with Gasteiger partial charge in [0.25, 0.3) is 5.91 Å². The van der Waals surface area contributed by atoms with Crippen molar-refractivity contribution in [2.24, 2.45) is 0 Å². The van der Waals surface area contributed by atoms with E-state index in [-0.39, 0.29) is 16.9 Å². The van der Waals surface area contributed by atoms with Crippen molar-refractivity contribution in [3.8, 4) is 17.2 Å². The summed E-state index contributed by atoms with van der Waals surface area (Å²) in [6.07, 6.45) is 3.48. The van der Waals surface area contributed by atoms with Crippen molar-refractivity contribution in [3.05, 3.63) is 141 Å². The van der Waals surface area contributed by atoms with Crippen LogP contribution in [0.25, 0.3) is 17.0 Å². The van der Waals surface area contributed by atoms with Gasteiger partial charge in [-0.1, -0.05) is 60.1 Å². The lowest BCUT2D eigenvalue weighted by molar-refractivity contribution is -0.128. The summed E-state index contributed by atoms with van der Waals surface area (Å²) >= 11 is 5.93. The fraction of sp³-hybridized carbons (Fsp3) is 0.114. The maximum Gasteiger partial charge on any atom is 0.349 e. The molecule has 1 N–H and O–H groups in total.